The zero-order chi connectivity index (χ0) is 19.5. The van der Waals surface area contributed by atoms with Gasteiger partial charge in [0.2, 0.25) is 0 Å². The van der Waals surface area contributed by atoms with Gasteiger partial charge < -0.3 is 20.2 Å². The Balaban J connectivity index is 0.00000160. The first-order chi connectivity index (χ1) is 13.6. The molecule has 0 radical (unpaired) electrons. The quantitative estimate of drug-likeness (QED) is 0.613. The summed E-state index contributed by atoms with van der Waals surface area (Å²) in [5.41, 5.74) is 9.46. The van der Waals surface area contributed by atoms with Gasteiger partial charge >= 0.3 is 0 Å². The van der Waals surface area contributed by atoms with Crippen LogP contribution in [0.5, 0.6) is 5.75 Å². The standard InChI is InChI=1S/C22H26N4O2.2ClH/c1-15-5-10-21-24-19(13-26(21)12-15)14-28-20-4-2-3-16(11-20)22(27)25-18-8-6-17(23)7-9-18;;/h2-5,10-13,17-18H,6-9,14,23H2,1H3,(H,25,27);2*1H. The van der Waals surface area contributed by atoms with Crippen LogP contribution in [0.15, 0.2) is 48.8 Å². The number of hydrogen-bond donors (Lipinski definition) is 2. The van der Waals surface area contributed by atoms with Crippen LogP contribution >= 0.6 is 24.8 Å². The van der Waals surface area contributed by atoms with E-state index in [0.29, 0.717) is 17.9 Å². The topological polar surface area (TPSA) is 81.6 Å². The van der Waals surface area contributed by atoms with E-state index in [4.69, 9.17) is 10.5 Å². The summed E-state index contributed by atoms with van der Waals surface area (Å²) in [5.74, 6) is 0.598. The second kappa shape index (κ2) is 10.7. The molecule has 1 aromatic carbocycles. The number of nitrogens with zero attached hydrogens (tertiary/aromatic N) is 2. The maximum Gasteiger partial charge on any atom is 0.251 e. The molecule has 1 aliphatic rings. The van der Waals surface area contributed by atoms with Gasteiger partial charge in [-0.2, -0.15) is 0 Å². The number of rotatable bonds is 5. The Morgan fingerprint density at radius 2 is 1.93 bits per heavy atom. The lowest BCUT2D eigenvalue weighted by Gasteiger charge is -2.26. The molecule has 0 unspecified atom stereocenters. The molecule has 0 bridgehead atoms. The average Bonchev–Trinajstić information content (AvgIpc) is 3.10. The minimum Gasteiger partial charge on any atom is -0.487 e. The monoisotopic (exact) mass is 450 g/mol. The van der Waals surface area contributed by atoms with Crippen LogP contribution in [-0.4, -0.2) is 27.4 Å². The van der Waals surface area contributed by atoms with E-state index in [1.807, 2.05) is 54.0 Å². The molecule has 2 aromatic heterocycles. The molecule has 0 spiro atoms. The van der Waals surface area contributed by atoms with Crippen molar-refractivity contribution >= 4 is 36.4 Å². The molecule has 3 N–H and O–H groups in total. The fourth-order valence-electron chi connectivity index (χ4n) is 3.64. The van der Waals surface area contributed by atoms with E-state index in [2.05, 4.69) is 10.3 Å². The van der Waals surface area contributed by atoms with Gasteiger partial charge in [0, 0.05) is 30.0 Å². The molecule has 0 atom stereocenters. The normalized spacial score (nSPS) is 18.2. The van der Waals surface area contributed by atoms with E-state index in [9.17, 15) is 4.79 Å². The number of ether oxygens (including phenoxy) is 1. The largest absolute Gasteiger partial charge is 0.487 e. The van der Waals surface area contributed by atoms with Crippen molar-refractivity contribution in [3.63, 3.8) is 0 Å². The van der Waals surface area contributed by atoms with E-state index in [1.54, 1.807) is 6.07 Å². The first-order valence-corrected chi connectivity index (χ1v) is 9.80. The minimum absolute atomic E-state index is 0. The fraction of sp³-hybridized carbons (Fsp3) is 0.364. The number of amides is 1. The number of benzene rings is 1. The van der Waals surface area contributed by atoms with Crippen molar-refractivity contribution in [2.75, 3.05) is 0 Å². The van der Waals surface area contributed by atoms with Crippen molar-refractivity contribution in [1.82, 2.24) is 14.7 Å². The van der Waals surface area contributed by atoms with Crippen molar-refractivity contribution in [2.24, 2.45) is 5.73 Å². The number of aromatic nitrogens is 2. The Bertz CT molecular complexity index is 984. The second-order valence-corrected chi connectivity index (χ2v) is 7.61. The maximum absolute atomic E-state index is 12.6. The van der Waals surface area contributed by atoms with Gasteiger partial charge in [-0.05, 0) is 62.4 Å². The van der Waals surface area contributed by atoms with E-state index >= 15 is 0 Å². The number of nitrogens with one attached hydrogen (secondary N) is 1. The summed E-state index contributed by atoms with van der Waals surface area (Å²) in [6.45, 7) is 2.40. The van der Waals surface area contributed by atoms with Crippen LogP contribution in [0.3, 0.4) is 0 Å². The molecule has 2 heterocycles. The molecule has 162 valence electrons. The number of aryl methyl sites for hydroxylation is 1. The Labute approximate surface area is 189 Å². The Morgan fingerprint density at radius 1 is 1.17 bits per heavy atom. The van der Waals surface area contributed by atoms with Gasteiger partial charge in [-0.15, -0.1) is 24.8 Å². The summed E-state index contributed by atoms with van der Waals surface area (Å²) in [4.78, 5) is 17.1. The molecular weight excluding hydrogens is 423 g/mol. The smallest absolute Gasteiger partial charge is 0.251 e. The lowest BCUT2D eigenvalue weighted by Crippen LogP contribution is -2.40. The van der Waals surface area contributed by atoms with Crippen LogP contribution < -0.4 is 15.8 Å². The number of fused-ring (bicyclic) bond motifs is 1. The van der Waals surface area contributed by atoms with Gasteiger partial charge in [-0.3, -0.25) is 4.79 Å². The molecule has 0 saturated heterocycles. The van der Waals surface area contributed by atoms with Crippen molar-refractivity contribution < 1.29 is 9.53 Å². The van der Waals surface area contributed by atoms with Gasteiger partial charge in [-0.25, -0.2) is 4.98 Å². The molecule has 1 fully saturated rings. The predicted octanol–water partition coefficient (Wildman–Crippen LogP) is 4.07. The lowest BCUT2D eigenvalue weighted by molar-refractivity contribution is 0.0925. The van der Waals surface area contributed by atoms with Crippen LogP contribution in [-0.2, 0) is 6.61 Å². The third-order valence-electron chi connectivity index (χ3n) is 5.24. The van der Waals surface area contributed by atoms with Crippen molar-refractivity contribution in [2.45, 2.75) is 51.3 Å². The van der Waals surface area contributed by atoms with Gasteiger partial charge in [0.05, 0.1) is 5.69 Å². The molecule has 1 amide bonds. The first-order valence-electron chi connectivity index (χ1n) is 9.80. The third-order valence-corrected chi connectivity index (χ3v) is 5.24. The van der Waals surface area contributed by atoms with Gasteiger partial charge in [0.15, 0.2) is 0 Å². The van der Waals surface area contributed by atoms with E-state index in [1.165, 1.54) is 5.56 Å². The zero-order valence-electron chi connectivity index (χ0n) is 16.9. The summed E-state index contributed by atoms with van der Waals surface area (Å²) in [7, 11) is 0. The predicted molar refractivity (Wildman–Crippen MR) is 123 cm³/mol. The Kier molecular flexibility index (Phi) is 8.53. The molecule has 1 aliphatic carbocycles. The molecule has 3 aromatic rings. The van der Waals surface area contributed by atoms with Crippen LogP contribution in [0.25, 0.3) is 5.65 Å². The fourth-order valence-corrected chi connectivity index (χ4v) is 3.64. The highest BCUT2D eigenvalue weighted by Crippen LogP contribution is 2.19. The Morgan fingerprint density at radius 3 is 2.70 bits per heavy atom. The molecule has 6 nitrogen and oxygen atoms in total. The average molecular weight is 451 g/mol. The number of carbonyl (C=O) groups excluding carboxylic acids is 1. The summed E-state index contributed by atoms with van der Waals surface area (Å²) in [6, 6.07) is 11.8. The van der Waals surface area contributed by atoms with Crippen molar-refractivity contribution in [3.8, 4) is 5.75 Å². The number of imidazole rings is 1. The number of halogens is 2. The number of hydrogen-bond acceptors (Lipinski definition) is 4. The SMILES string of the molecule is Cc1ccc2nc(COc3cccc(C(=O)NC4CCC(N)CC4)c3)cn2c1.Cl.Cl. The third kappa shape index (κ3) is 5.88. The summed E-state index contributed by atoms with van der Waals surface area (Å²) < 4.78 is 7.87. The van der Waals surface area contributed by atoms with Crippen LogP contribution in [0.2, 0.25) is 0 Å². The number of pyridine rings is 1. The molecule has 30 heavy (non-hydrogen) atoms. The van der Waals surface area contributed by atoms with Crippen molar-refractivity contribution in [1.29, 1.82) is 0 Å². The van der Waals surface area contributed by atoms with E-state index < -0.39 is 0 Å². The number of nitrogens with two attached hydrogens (primary N) is 1. The Hall–Kier alpha value is -2.28. The molecule has 8 heteroatoms. The zero-order valence-corrected chi connectivity index (χ0v) is 18.5. The van der Waals surface area contributed by atoms with Crippen molar-refractivity contribution in [3.05, 3.63) is 65.6 Å². The van der Waals surface area contributed by atoms with Crippen LogP contribution in [0, 0.1) is 6.92 Å². The maximum atomic E-state index is 12.6. The summed E-state index contributed by atoms with van der Waals surface area (Å²) in [5, 5.41) is 3.11. The molecule has 1 saturated carbocycles. The molecule has 0 aliphatic heterocycles. The lowest BCUT2D eigenvalue weighted by atomic mass is 9.91. The van der Waals surface area contributed by atoms with Crippen LogP contribution in [0.4, 0.5) is 0 Å². The summed E-state index contributed by atoms with van der Waals surface area (Å²) in [6.07, 6.45) is 7.81. The second-order valence-electron chi connectivity index (χ2n) is 7.61. The van der Waals surface area contributed by atoms with Crippen LogP contribution in [0.1, 0.15) is 47.3 Å². The van der Waals surface area contributed by atoms with E-state index in [0.717, 1.165) is 37.0 Å². The van der Waals surface area contributed by atoms with Gasteiger partial charge in [-0.1, -0.05) is 12.1 Å². The van der Waals surface area contributed by atoms with Gasteiger partial charge in [0.1, 0.15) is 18.0 Å². The first kappa shape index (κ1) is 24.0. The minimum atomic E-state index is -0.0610. The molecular formula is C22H28Cl2N4O2. The van der Waals surface area contributed by atoms with Gasteiger partial charge in [0.25, 0.3) is 5.91 Å². The highest BCUT2D eigenvalue weighted by molar-refractivity contribution is 5.94. The molecule has 4 rings (SSSR count). The van der Waals surface area contributed by atoms with E-state index in [-0.39, 0.29) is 42.8 Å². The highest BCUT2D eigenvalue weighted by Gasteiger charge is 2.20. The highest BCUT2D eigenvalue weighted by atomic mass is 35.5. The number of carbonyl (C=O) groups is 1. The summed E-state index contributed by atoms with van der Waals surface area (Å²) >= 11 is 0.